The molecule has 1 amide bonds. The fourth-order valence-corrected chi connectivity index (χ4v) is 5.51. The van der Waals surface area contributed by atoms with Gasteiger partial charge < -0.3 is 9.64 Å². The van der Waals surface area contributed by atoms with Gasteiger partial charge in [-0.3, -0.25) is 14.0 Å². The Labute approximate surface area is 214 Å². The number of piperazine rings is 1. The van der Waals surface area contributed by atoms with Crippen LogP contribution >= 0.6 is 0 Å². The van der Waals surface area contributed by atoms with Gasteiger partial charge in [0.2, 0.25) is 15.9 Å². The van der Waals surface area contributed by atoms with Crippen LogP contribution in [-0.2, 0) is 14.8 Å². The Balaban J connectivity index is 1.49. The SMILES string of the molecule is CCOc1ccccc1N(CC(=O)N1CCN(C(c2ccccc2)c2ccccc2)CC1)S(C)(=O)=O. The third kappa shape index (κ3) is 6.06. The lowest BCUT2D eigenvalue weighted by Gasteiger charge is -2.40. The van der Waals surface area contributed by atoms with Crippen molar-refractivity contribution >= 4 is 21.6 Å². The van der Waals surface area contributed by atoms with E-state index in [0.717, 1.165) is 10.6 Å². The van der Waals surface area contributed by atoms with E-state index < -0.39 is 10.0 Å². The highest BCUT2D eigenvalue weighted by Crippen LogP contribution is 2.31. The number of hydrogen-bond acceptors (Lipinski definition) is 5. The molecule has 4 rings (SSSR count). The third-order valence-corrected chi connectivity index (χ3v) is 7.50. The Morgan fingerprint density at radius 2 is 1.39 bits per heavy atom. The molecule has 3 aromatic carbocycles. The molecule has 1 aliphatic rings. The van der Waals surface area contributed by atoms with Crippen LogP contribution in [0.3, 0.4) is 0 Å². The minimum atomic E-state index is -3.69. The second-order valence-corrected chi connectivity index (χ2v) is 10.7. The van der Waals surface area contributed by atoms with Gasteiger partial charge in [0.05, 0.1) is 24.6 Å². The molecule has 3 aromatic rings. The zero-order valence-electron chi connectivity index (χ0n) is 20.8. The van der Waals surface area contributed by atoms with E-state index in [9.17, 15) is 13.2 Å². The summed E-state index contributed by atoms with van der Waals surface area (Å²) >= 11 is 0. The molecule has 0 aromatic heterocycles. The van der Waals surface area contributed by atoms with Crippen molar-refractivity contribution in [1.82, 2.24) is 9.80 Å². The second-order valence-electron chi connectivity index (χ2n) is 8.81. The fourth-order valence-electron chi connectivity index (χ4n) is 4.66. The van der Waals surface area contributed by atoms with Crippen molar-refractivity contribution in [2.24, 2.45) is 0 Å². The first kappa shape index (κ1) is 25.7. The molecular weight excluding hydrogens is 474 g/mol. The molecule has 1 saturated heterocycles. The first-order chi connectivity index (χ1) is 17.4. The molecular formula is C28H33N3O4S. The minimum Gasteiger partial charge on any atom is -0.492 e. The number of carbonyl (C=O) groups excluding carboxylic acids is 1. The standard InChI is InChI=1S/C28H33N3O4S/c1-3-35-26-17-11-10-16-25(26)31(36(2,33)34)22-27(32)29-18-20-30(21-19-29)28(23-12-6-4-7-13-23)24-14-8-5-9-15-24/h4-17,28H,3,18-22H2,1-2H3. The maximum absolute atomic E-state index is 13.3. The average Bonchev–Trinajstić information content (AvgIpc) is 2.89. The van der Waals surface area contributed by atoms with Gasteiger partial charge in [-0.1, -0.05) is 72.8 Å². The van der Waals surface area contributed by atoms with Gasteiger partial charge in [-0.2, -0.15) is 0 Å². The lowest BCUT2D eigenvalue weighted by Crippen LogP contribution is -2.52. The van der Waals surface area contributed by atoms with Gasteiger partial charge in [0.1, 0.15) is 12.3 Å². The van der Waals surface area contributed by atoms with E-state index in [4.69, 9.17) is 4.74 Å². The predicted octanol–water partition coefficient (Wildman–Crippen LogP) is 3.79. The molecule has 0 N–H and O–H groups in total. The molecule has 0 spiro atoms. The summed E-state index contributed by atoms with van der Waals surface area (Å²) in [6.07, 6.45) is 1.12. The fraction of sp³-hybridized carbons (Fsp3) is 0.321. The molecule has 190 valence electrons. The summed E-state index contributed by atoms with van der Waals surface area (Å²) in [5, 5.41) is 0. The molecule has 0 atom stereocenters. The van der Waals surface area contributed by atoms with Gasteiger partial charge >= 0.3 is 0 Å². The summed E-state index contributed by atoms with van der Waals surface area (Å²) < 4.78 is 32.1. The van der Waals surface area contributed by atoms with Gasteiger partial charge in [-0.25, -0.2) is 8.42 Å². The van der Waals surface area contributed by atoms with Crippen LogP contribution < -0.4 is 9.04 Å². The molecule has 1 heterocycles. The van der Waals surface area contributed by atoms with E-state index in [1.165, 1.54) is 11.1 Å². The number of carbonyl (C=O) groups is 1. The molecule has 1 aliphatic heterocycles. The van der Waals surface area contributed by atoms with E-state index in [-0.39, 0.29) is 18.5 Å². The highest BCUT2D eigenvalue weighted by atomic mass is 32.2. The van der Waals surface area contributed by atoms with Crippen molar-refractivity contribution < 1.29 is 17.9 Å². The quantitative estimate of drug-likeness (QED) is 0.441. The maximum Gasteiger partial charge on any atom is 0.243 e. The number of anilines is 1. The van der Waals surface area contributed by atoms with Gasteiger partial charge in [0, 0.05) is 26.2 Å². The van der Waals surface area contributed by atoms with Crippen LogP contribution in [0.15, 0.2) is 84.9 Å². The molecule has 0 unspecified atom stereocenters. The number of rotatable bonds is 9. The molecule has 0 radical (unpaired) electrons. The molecule has 36 heavy (non-hydrogen) atoms. The minimum absolute atomic E-state index is 0.0928. The summed E-state index contributed by atoms with van der Waals surface area (Å²) in [4.78, 5) is 17.4. The highest BCUT2D eigenvalue weighted by Gasteiger charge is 2.31. The first-order valence-electron chi connectivity index (χ1n) is 12.2. The Hall–Kier alpha value is -3.36. The van der Waals surface area contributed by atoms with Gasteiger partial charge in [-0.05, 0) is 30.2 Å². The molecule has 0 aliphatic carbocycles. The molecule has 7 nitrogen and oxygen atoms in total. The van der Waals surface area contributed by atoms with E-state index in [2.05, 4.69) is 29.2 Å². The summed E-state index contributed by atoms with van der Waals surface area (Å²) in [6, 6.07) is 27.8. The number of benzene rings is 3. The summed E-state index contributed by atoms with van der Waals surface area (Å²) in [6.45, 7) is 4.41. The lowest BCUT2D eigenvalue weighted by atomic mass is 9.96. The van der Waals surface area contributed by atoms with Crippen molar-refractivity contribution in [3.63, 3.8) is 0 Å². The zero-order valence-corrected chi connectivity index (χ0v) is 21.6. The number of nitrogens with zero attached hydrogens (tertiary/aromatic N) is 3. The van der Waals surface area contributed by atoms with Crippen LogP contribution in [0.5, 0.6) is 5.75 Å². The van der Waals surface area contributed by atoms with Crippen molar-refractivity contribution in [2.75, 3.05) is 49.9 Å². The Morgan fingerprint density at radius 1 is 0.861 bits per heavy atom. The number of sulfonamides is 1. The number of para-hydroxylation sites is 2. The summed E-state index contributed by atoms with van der Waals surface area (Å²) in [5.74, 6) is 0.221. The Kier molecular flexibility index (Phi) is 8.28. The van der Waals surface area contributed by atoms with Gasteiger partial charge in [0.25, 0.3) is 0 Å². The van der Waals surface area contributed by atoms with E-state index in [0.29, 0.717) is 44.2 Å². The van der Waals surface area contributed by atoms with Crippen LogP contribution in [0.2, 0.25) is 0 Å². The highest BCUT2D eigenvalue weighted by molar-refractivity contribution is 7.92. The molecule has 1 fully saturated rings. The number of hydrogen-bond donors (Lipinski definition) is 0. The van der Waals surface area contributed by atoms with E-state index in [1.807, 2.05) is 43.3 Å². The van der Waals surface area contributed by atoms with Crippen LogP contribution in [-0.4, -0.2) is 69.7 Å². The van der Waals surface area contributed by atoms with Crippen molar-refractivity contribution in [1.29, 1.82) is 0 Å². The van der Waals surface area contributed by atoms with Crippen molar-refractivity contribution in [3.8, 4) is 5.75 Å². The van der Waals surface area contributed by atoms with Crippen molar-refractivity contribution in [3.05, 3.63) is 96.1 Å². The van der Waals surface area contributed by atoms with E-state index >= 15 is 0 Å². The number of ether oxygens (including phenoxy) is 1. The zero-order chi connectivity index (χ0) is 25.5. The summed E-state index contributed by atoms with van der Waals surface area (Å²) in [7, 11) is -3.69. The monoisotopic (exact) mass is 507 g/mol. The lowest BCUT2D eigenvalue weighted by molar-refractivity contribution is -0.131. The van der Waals surface area contributed by atoms with Crippen LogP contribution in [0.1, 0.15) is 24.1 Å². The summed E-state index contributed by atoms with van der Waals surface area (Å²) in [5.41, 5.74) is 2.79. The second kappa shape index (κ2) is 11.6. The van der Waals surface area contributed by atoms with E-state index in [1.54, 1.807) is 29.2 Å². The average molecular weight is 508 g/mol. The Morgan fingerprint density at radius 3 is 1.92 bits per heavy atom. The Bertz CT molecular complexity index is 1200. The smallest absolute Gasteiger partial charge is 0.243 e. The topological polar surface area (TPSA) is 70.2 Å². The maximum atomic E-state index is 13.3. The van der Waals surface area contributed by atoms with Crippen LogP contribution in [0.25, 0.3) is 0 Å². The van der Waals surface area contributed by atoms with Crippen molar-refractivity contribution in [2.45, 2.75) is 13.0 Å². The van der Waals surface area contributed by atoms with Gasteiger partial charge in [0.15, 0.2) is 0 Å². The van der Waals surface area contributed by atoms with Gasteiger partial charge in [-0.15, -0.1) is 0 Å². The normalized spacial score (nSPS) is 14.6. The first-order valence-corrected chi connectivity index (χ1v) is 14.0. The molecule has 0 bridgehead atoms. The molecule has 8 heteroatoms. The third-order valence-electron chi connectivity index (χ3n) is 6.38. The predicted molar refractivity (Wildman–Crippen MR) is 143 cm³/mol. The van der Waals surface area contributed by atoms with Crippen LogP contribution in [0.4, 0.5) is 5.69 Å². The molecule has 0 saturated carbocycles. The van der Waals surface area contributed by atoms with Crippen LogP contribution in [0, 0.1) is 0 Å². The largest absolute Gasteiger partial charge is 0.492 e. The number of amides is 1.